The van der Waals surface area contributed by atoms with Crippen LogP contribution in [0.25, 0.3) is 0 Å². The predicted octanol–water partition coefficient (Wildman–Crippen LogP) is 0.145. The Morgan fingerprint density at radius 2 is 2.33 bits per heavy atom. The molecule has 1 heterocycles. The van der Waals surface area contributed by atoms with Crippen LogP contribution in [-0.2, 0) is 4.79 Å². The first-order chi connectivity index (χ1) is 5.65. The summed E-state index contributed by atoms with van der Waals surface area (Å²) in [4.78, 5) is 14.5. The average molecular weight is 169 g/mol. The Bertz CT molecular complexity index is 329. The van der Waals surface area contributed by atoms with Crippen LogP contribution in [0.5, 0.6) is 0 Å². The highest BCUT2D eigenvalue weighted by Crippen LogP contribution is 1.98. The molecule has 6 heteroatoms. The number of ketones is 1. The molecule has 0 aromatic carbocycles. The smallest absolute Gasteiger partial charge is 0.283 e. The Hall–Kier alpha value is -1.72. The van der Waals surface area contributed by atoms with Crippen LogP contribution in [-0.4, -0.2) is 26.8 Å². The van der Waals surface area contributed by atoms with Gasteiger partial charge in [0, 0.05) is 6.92 Å². The second-order valence-electron chi connectivity index (χ2n) is 2.15. The maximum Gasteiger partial charge on any atom is 0.283 e. The largest absolute Gasteiger partial charge is 0.410 e. The molecule has 0 aliphatic carbocycles. The lowest BCUT2D eigenvalue weighted by Crippen LogP contribution is -2.11. The van der Waals surface area contributed by atoms with Crippen LogP contribution >= 0.6 is 0 Å². The van der Waals surface area contributed by atoms with Crippen molar-refractivity contribution in [2.75, 3.05) is 0 Å². The van der Waals surface area contributed by atoms with E-state index in [2.05, 4.69) is 19.8 Å². The van der Waals surface area contributed by atoms with Crippen molar-refractivity contribution >= 4 is 11.5 Å². The number of rotatable bonds is 2. The summed E-state index contributed by atoms with van der Waals surface area (Å²) in [5.74, 6) is -0.115. The molecule has 6 nitrogen and oxygen atoms in total. The number of Topliss-reactive ketones (excluding diaryl/α,β-unsaturated/α-hetero) is 1. The minimum atomic E-state index is -0.429. The molecule has 64 valence electrons. The molecule has 1 aromatic heterocycles. The topological polar surface area (TPSA) is 88.6 Å². The van der Waals surface area contributed by atoms with Gasteiger partial charge in [-0.15, -0.1) is 0 Å². The minimum Gasteiger partial charge on any atom is -0.410 e. The fraction of sp³-hybridized carbons (Fsp3) is 0.333. The van der Waals surface area contributed by atoms with Crippen molar-refractivity contribution in [2.24, 2.45) is 5.16 Å². The first-order valence-electron chi connectivity index (χ1n) is 3.19. The zero-order valence-electron chi connectivity index (χ0n) is 6.61. The van der Waals surface area contributed by atoms with Gasteiger partial charge < -0.3 is 9.73 Å². The average Bonchev–Trinajstić information content (AvgIpc) is 2.37. The second-order valence-corrected chi connectivity index (χ2v) is 2.15. The van der Waals surface area contributed by atoms with Gasteiger partial charge in [-0.3, -0.25) is 4.79 Å². The van der Waals surface area contributed by atoms with Crippen LogP contribution in [0.4, 0.5) is 0 Å². The Kier molecular flexibility index (Phi) is 2.18. The summed E-state index contributed by atoms with van der Waals surface area (Å²) in [7, 11) is 0. The van der Waals surface area contributed by atoms with Crippen LogP contribution < -0.4 is 0 Å². The van der Waals surface area contributed by atoms with Crippen LogP contribution in [0.3, 0.4) is 0 Å². The molecule has 0 atom stereocenters. The number of oxime groups is 1. The Labute approximate surface area is 67.9 Å². The van der Waals surface area contributed by atoms with Crippen LogP contribution in [0.2, 0.25) is 0 Å². The highest BCUT2D eigenvalue weighted by atomic mass is 16.5. The molecule has 0 spiro atoms. The van der Waals surface area contributed by atoms with Crippen molar-refractivity contribution < 1.29 is 14.5 Å². The van der Waals surface area contributed by atoms with E-state index in [0.717, 1.165) is 0 Å². The lowest BCUT2D eigenvalue weighted by Gasteiger charge is -1.89. The number of carbonyl (C=O) groups excluding carboxylic acids is 1. The van der Waals surface area contributed by atoms with E-state index in [0.29, 0.717) is 5.82 Å². The standard InChI is InChI=1S/C6H7N3O3/c1-3(10)5(8-11)6-7-4(2)9-12-6/h11H,1-2H3/b8-5-. The summed E-state index contributed by atoms with van der Waals surface area (Å²) in [6.45, 7) is 2.84. The highest BCUT2D eigenvalue weighted by Gasteiger charge is 2.16. The minimum absolute atomic E-state index is 0.0671. The predicted molar refractivity (Wildman–Crippen MR) is 38.0 cm³/mol. The third-order valence-electron chi connectivity index (χ3n) is 1.16. The fourth-order valence-electron chi connectivity index (χ4n) is 0.657. The maximum absolute atomic E-state index is 10.8. The van der Waals surface area contributed by atoms with Crippen molar-refractivity contribution in [1.29, 1.82) is 0 Å². The van der Waals surface area contributed by atoms with Crippen LogP contribution in [0.15, 0.2) is 9.68 Å². The Morgan fingerprint density at radius 3 is 2.67 bits per heavy atom. The third kappa shape index (κ3) is 1.47. The molecule has 0 fully saturated rings. The van der Waals surface area contributed by atoms with Gasteiger partial charge in [-0.05, 0) is 6.92 Å². The van der Waals surface area contributed by atoms with Gasteiger partial charge in [-0.25, -0.2) is 0 Å². The molecule has 0 aliphatic rings. The molecule has 12 heavy (non-hydrogen) atoms. The number of aryl methyl sites for hydroxylation is 1. The molecule has 1 aromatic rings. The van der Waals surface area contributed by atoms with Gasteiger partial charge in [-0.1, -0.05) is 10.3 Å². The quantitative estimate of drug-likeness (QED) is 0.386. The van der Waals surface area contributed by atoms with Crippen molar-refractivity contribution in [3.05, 3.63) is 11.7 Å². The first-order valence-corrected chi connectivity index (χ1v) is 3.19. The lowest BCUT2D eigenvalue weighted by molar-refractivity contribution is -0.111. The SMILES string of the molecule is CC(=O)/C(=N/O)c1nc(C)no1. The Balaban J connectivity index is 3.04. The number of hydrogen-bond donors (Lipinski definition) is 1. The highest BCUT2D eigenvalue weighted by molar-refractivity contribution is 6.43. The van der Waals surface area contributed by atoms with Gasteiger partial charge in [0.2, 0.25) is 5.71 Å². The monoisotopic (exact) mass is 169 g/mol. The van der Waals surface area contributed by atoms with Crippen molar-refractivity contribution in [3.63, 3.8) is 0 Å². The van der Waals surface area contributed by atoms with E-state index in [-0.39, 0.29) is 11.6 Å². The van der Waals surface area contributed by atoms with E-state index in [1.807, 2.05) is 0 Å². The van der Waals surface area contributed by atoms with Gasteiger partial charge >= 0.3 is 0 Å². The summed E-state index contributed by atoms with van der Waals surface area (Å²) in [6.07, 6.45) is 0. The summed E-state index contributed by atoms with van der Waals surface area (Å²) in [5, 5.41) is 14.6. The van der Waals surface area contributed by atoms with Gasteiger partial charge in [0.1, 0.15) is 0 Å². The molecular formula is C6H7N3O3. The van der Waals surface area contributed by atoms with Gasteiger partial charge in [0.25, 0.3) is 5.89 Å². The van der Waals surface area contributed by atoms with E-state index >= 15 is 0 Å². The summed E-state index contributed by atoms with van der Waals surface area (Å²) in [5.41, 5.74) is -0.226. The summed E-state index contributed by atoms with van der Waals surface area (Å²) >= 11 is 0. The van der Waals surface area contributed by atoms with E-state index in [4.69, 9.17) is 5.21 Å². The van der Waals surface area contributed by atoms with Crippen molar-refractivity contribution in [1.82, 2.24) is 10.1 Å². The molecule has 1 rings (SSSR count). The molecule has 0 aliphatic heterocycles. The van der Waals surface area contributed by atoms with Crippen LogP contribution in [0.1, 0.15) is 18.6 Å². The zero-order chi connectivity index (χ0) is 9.14. The molecule has 0 unspecified atom stereocenters. The van der Waals surface area contributed by atoms with Gasteiger partial charge in [0.15, 0.2) is 11.6 Å². The van der Waals surface area contributed by atoms with Gasteiger partial charge in [0.05, 0.1) is 0 Å². The second kappa shape index (κ2) is 3.12. The first kappa shape index (κ1) is 8.38. The van der Waals surface area contributed by atoms with Crippen molar-refractivity contribution in [2.45, 2.75) is 13.8 Å². The summed E-state index contributed by atoms with van der Waals surface area (Å²) < 4.78 is 4.61. The molecule has 0 amide bonds. The number of aromatic nitrogens is 2. The zero-order valence-corrected chi connectivity index (χ0v) is 6.61. The van der Waals surface area contributed by atoms with E-state index in [1.54, 1.807) is 6.92 Å². The van der Waals surface area contributed by atoms with E-state index in [9.17, 15) is 4.79 Å². The summed E-state index contributed by atoms with van der Waals surface area (Å²) in [6, 6.07) is 0. The van der Waals surface area contributed by atoms with Crippen molar-refractivity contribution in [3.8, 4) is 0 Å². The fourth-order valence-corrected chi connectivity index (χ4v) is 0.657. The van der Waals surface area contributed by atoms with E-state index in [1.165, 1.54) is 6.92 Å². The molecule has 0 radical (unpaired) electrons. The third-order valence-corrected chi connectivity index (χ3v) is 1.16. The molecule has 0 bridgehead atoms. The number of nitrogens with zero attached hydrogens (tertiary/aromatic N) is 3. The molecular weight excluding hydrogens is 162 g/mol. The van der Waals surface area contributed by atoms with Gasteiger partial charge in [-0.2, -0.15) is 4.98 Å². The van der Waals surface area contributed by atoms with E-state index < -0.39 is 5.78 Å². The van der Waals surface area contributed by atoms with Crippen LogP contribution in [0, 0.1) is 6.92 Å². The molecule has 1 N–H and O–H groups in total. The number of carbonyl (C=O) groups is 1. The molecule has 0 saturated carbocycles. The Morgan fingerprint density at radius 1 is 1.67 bits per heavy atom. The maximum atomic E-state index is 10.8. The normalized spacial score (nSPS) is 11.7. The number of hydrogen-bond acceptors (Lipinski definition) is 6. The molecule has 0 saturated heterocycles. The lowest BCUT2D eigenvalue weighted by atomic mass is 10.3.